The minimum absolute atomic E-state index is 0.0225. The lowest BCUT2D eigenvalue weighted by Gasteiger charge is -2.06. The zero-order valence-corrected chi connectivity index (χ0v) is 11.5. The van der Waals surface area contributed by atoms with E-state index in [0.717, 1.165) is 23.5 Å². The van der Waals surface area contributed by atoms with E-state index in [0.29, 0.717) is 0 Å². The topological polar surface area (TPSA) is 129 Å². The summed E-state index contributed by atoms with van der Waals surface area (Å²) in [6.45, 7) is 2.12. The summed E-state index contributed by atoms with van der Waals surface area (Å²) < 4.78 is 1.69. The fourth-order valence-corrected chi connectivity index (χ4v) is 1.73. The Morgan fingerprint density at radius 1 is 1.52 bits per heavy atom. The van der Waals surface area contributed by atoms with Crippen LogP contribution in [0.3, 0.4) is 0 Å². The van der Waals surface area contributed by atoms with Gasteiger partial charge in [0.15, 0.2) is 0 Å². The molecule has 0 saturated carbocycles. The highest BCUT2D eigenvalue weighted by molar-refractivity contribution is 5.98. The van der Waals surface area contributed by atoms with Crippen LogP contribution in [0, 0.1) is 17.0 Å². The number of aromatic nitrogens is 3. The van der Waals surface area contributed by atoms with Gasteiger partial charge in [-0.2, -0.15) is 5.10 Å². The molecule has 0 aromatic carbocycles. The molecule has 1 amide bonds. The SMILES string of the molecule is Cc1c(CNC(=O)c2cc([N+](=O)[O-])cnc2N)cnn1C. The van der Waals surface area contributed by atoms with Gasteiger partial charge < -0.3 is 11.1 Å². The number of carbonyl (C=O) groups is 1. The standard InChI is InChI=1S/C12H14N6O3/c1-7-8(5-16-17(7)2)4-15-12(19)10-3-9(18(20)21)6-14-11(10)13/h3,5-6H,4H2,1-2H3,(H2,13,14)(H,15,19). The van der Waals surface area contributed by atoms with E-state index in [9.17, 15) is 14.9 Å². The van der Waals surface area contributed by atoms with Gasteiger partial charge in [-0.05, 0) is 6.92 Å². The Bertz CT molecular complexity index is 709. The van der Waals surface area contributed by atoms with Crippen LogP contribution in [-0.2, 0) is 13.6 Å². The van der Waals surface area contributed by atoms with E-state index >= 15 is 0 Å². The average Bonchev–Trinajstić information content (AvgIpc) is 2.76. The van der Waals surface area contributed by atoms with Gasteiger partial charge in [-0.15, -0.1) is 0 Å². The first-order chi connectivity index (χ1) is 9.90. The molecule has 0 fully saturated rings. The van der Waals surface area contributed by atoms with Gasteiger partial charge in [0.25, 0.3) is 11.6 Å². The molecule has 110 valence electrons. The van der Waals surface area contributed by atoms with Crippen molar-refractivity contribution in [3.05, 3.63) is 45.4 Å². The number of aryl methyl sites for hydroxylation is 1. The van der Waals surface area contributed by atoms with Crippen LogP contribution in [0.15, 0.2) is 18.5 Å². The van der Waals surface area contributed by atoms with Gasteiger partial charge in [0.05, 0.1) is 16.7 Å². The molecule has 2 heterocycles. The second-order valence-electron chi connectivity index (χ2n) is 4.44. The molecule has 9 nitrogen and oxygen atoms in total. The molecule has 3 N–H and O–H groups in total. The maximum Gasteiger partial charge on any atom is 0.288 e. The molecule has 2 rings (SSSR count). The number of amides is 1. The summed E-state index contributed by atoms with van der Waals surface area (Å²) in [6, 6.07) is 1.10. The van der Waals surface area contributed by atoms with E-state index in [1.165, 1.54) is 0 Å². The minimum atomic E-state index is -0.630. The van der Waals surface area contributed by atoms with Gasteiger partial charge in [0, 0.05) is 30.9 Å². The van der Waals surface area contributed by atoms with Gasteiger partial charge in [-0.25, -0.2) is 4.98 Å². The van der Waals surface area contributed by atoms with Crippen molar-refractivity contribution in [1.29, 1.82) is 0 Å². The van der Waals surface area contributed by atoms with Crippen molar-refractivity contribution in [1.82, 2.24) is 20.1 Å². The molecule has 0 aliphatic heterocycles. The zero-order valence-electron chi connectivity index (χ0n) is 11.5. The van der Waals surface area contributed by atoms with Crippen LogP contribution in [0.1, 0.15) is 21.6 Å². The Morgan fingerprint density at radius 2 is 2.24 bits per heavy atom. The lowest BCUT2D eigenvalue weighted by molar-refractivity contribution is -0.385. The normalized spacial score (nSPS) is 10.4. The third kappa shape index (κ3) is 2.96. The van der Waals surface area contributed by atoms with Crippen LogP contribution in [-0.4, -0.2) is 25.6 Å². The summed E-state index contributed by atoms with van der Waals surface area (Å²) in [5.74, 6) is -0.576. The number of pyridine rings is 1. The molecule has 0 atom stereocenters. The molecule has 2 aromatic rings. The maximum atomic E-state index is 12.1. The van der Waals surface area contributed by atoms with Gasteiger partial charge in [-0.3, -0.25) is 19.6 Å². The van der Waals surface area contributed by atoms with Crippen LogP contribution >= 0.6 is 0 Å². The fraction of sp³-hybridized carbons (Fsp3) is 0.250. The quantitative estimate of drug-likeness (QED) is 0.624. The van der Waals surface area contributed by atoms with Gasteiger partial charge in [0.1, 0.15) is 12.0 Å². The third-order valence-corrected chi connectivity index (χ3v) is 3.14. The molecule has 0 spiro atoms. The van der Waals surface area contributed by atoms with Crippen molar-refractivity contribution < 1.29 is 9.72 Å². The monoisotopic (exact) mass is 290 g/mol. The highest BCUT2D eigenvalue weighted by atomic mass is 16.6. The molecule has 0 unspecified atom stereocenters. The molecule has 0 aliphatic rings. The fourth-order valence-electron chi connectivity index (χ4n) is 1.73. The van der Waals surface area contributed by atoms with Crippen LogP contribution in [0.5, 0.6) is 0 Å². The van der Waals surface area contributed by atoms with Crippen LogP contribution in [0.2, 0.25) is 0 Å². The number of nitro groups is 1. The number of nitrogen functional groups attached to an aromatic ring is 1. The van der Waals surface area contributed by atoms with E-state index < -0.39 is 10.8 Å². The predicted octanol–water partition coefficient (Wildman–Crippen LogP) is 0.544. The van der Waals surface area contributed by atoms with E-state index in [2.05, 4.69) is 15.4 Å². The zero-order chi connectivity index (χ0) is 15.6. The summed E-state index contributed by atoms with van der Waals surface area (Å²) in [6.07, 6.45) is 2.65. The Morgan fingerprint density at radius 3 is 2.81 bits per heavy atom. The Kier molecular flexibility index (Phi) is 3.83. The molecule has 0 radical (unpaired) electrons. The number of carbonyl (C=O) groups excluding carboxylic acids is 1. The number of rotatable bonds is 4. The first-order valence-electron chi connectivity index (χ1n) is 6.05. The largest absolute Gasteiger partial charge is 0.383 e. The van der Waals surface area contributed by atoms with E-state index in [4.69, 9.17) is 5.73 Å². The van der Waals surface area contributed by atoms with E-state index in [-0.39, 0.29) is 23.6 Å². The lowest BCUT2D eigenvalue weighted by Crippen LogP contribution is -2.24. The summed E-state index contributed by atoms with van der Waals surface area (Å²) in [5.41, 5.74) is 7.04. The summed E-state index contributed by atoms with van der Waals surface area (Å²) in [4.78, 5) is 25.8. The average molecular weight is 290 g/mol. The van der Waals surface area contributed by atoms with Crippen LogP contribution < -0.4 is 11.1 Å². The molecule has 0 bridgehead atoms. The number of hydrogen-bond donors (Lipinski definition) is 2. The first-order valence-corrected chi connectivity index (χ1v) is 6.05. The Hall–Kier alpha value is -2.97. The van der Waals surface area contributed by atoms with Gasteiger partial charge >= 0.3 is 0 Å². The Labute approximate surface area is 119 Å². The van der Waals surface area contributed by atoms with Crippen LogP contribution in [0.25, 0.3) is 0 Å². The smallest absolute Gasteiger partial charge is 0.288 e. The van der Waals surface area contributed by atoms with E-state index in [1.54, 1.807) is 17.9 Å². The van der Waals surface area contributed by atoms with Crippen molar-refractivity contribution in [2.24, 2.45) is 7.05 Å². The highest BCUT2D eigenvalue weighted by Crippen LogP contribution is 2.16. The highest BCUT2D eigenvalue weighted by Gasteiger charge is 2.17. The van der Waals surface area contributed by atoms with Crippen molar-refractivity contribution in [2.75, 3.05) is 5.73 Å². The Balaban J connectivity index is 2.15. The van der Waals surface area contributed by atoms with Crippen LogP contribution in [0.4, 0.5) is 11.5 Å². The number of nitrogens with zero attached hydrogens (tertiary/aromatic N) is 4. The molecule has 21 heavy (non-hydrogen) atoms. The van der Waals surface area contributed by atoms with Crippen molar-refractivity contribution >= 4 is 17.4 Å². The minimum Gasteiger partial charge on any atom is -0.383 e. The second kappa shape index (κ2) is 5.57. The predicted molar refractivity (Wildman–Crippen MR) is 74.4 cm³/mol. The molecular weight excluding hydrogens is 276 g/mol. The number of anilines is 1. The van der Waals surface area contributed by atoms with Gasteiger partial charge in [0.2, 0.25) is 0 Å². The molecular formula is C12H14N6O3. The molecule has 0 aliphatic carbocycles. The third-order valence-electron chi connectivity index (χ3n) is 3.14. The lowest BCUT2D eigenvalue weighted by atomic mass is 10.2. The van der Waals surface area contributed by atoms with Crippen molar-refractivity contribution in [3.63, 3.8) is 0 Å². The van der Waals surface area contributed by atoms with Crippen molar-refractivity contribution in [2.45, 2.75) is 13.5 Å². The van der Waals surface area contributed by atoms with Crippen molar-refractivity contribution in [3.8, 4) is 0 Å². The molecule has 2 aromatic heterocycles. The summed E-state index contributed by atoms with van der Waals surface area (Å²) >= 11 is 0. The summed E-state index contributed by atoms with van der Waals surface area (Å²) in [7, 11) is 1.79. The number of nitrogens with one attached hydrogen (secondary N) is 1. The number of hydrogen-bond acceptors (Lipinski definition) is 6. The molecule has 0 saturated heterocycles. The summed E-state index contributed by atoms with van der Waals surface area (Å²) in [5, 5.41) is 17.4. The van der Waals surface area contributed by atoms with Gasteiger partial charge in [-0.1, -0.05) is 0 Å². The number of nitrogens with two attached hydrogens (primary N) is 1. The van der Waals surface area contributed by atoms with E-state index in [1.807, 2.05) is 6.92 Å². The molecule has 9 heteroatoms. The first kappa shape index (κ1) is 14.4. The second-order valence-corrected chi connectivity index (χ2v) is 4.44. The maximum absolute atomic E-state index is 12.1.